The van der Waals surface area contributed by atoms with Gasteiger partial charge in [-0.3, -0.25) is 0 Å². The highest BCUT2D eigenvalue weighted by molar-refractivity contribution is 9.09. The fourth-order valence-electron chi connectivity index (χ4n) is 2.65. The maximum Gasteiger partial charge on any atom is 0.119 e. The summed E-state index contributed by atoms with van der Waals surface area (Å²) in [6.07, 6.45) is 4.83. The van der Waals surface area contributed by atoms with Gasteiger partial charge >= 0.3 is 0 Å². The molecule has 0 aliphatic carbocycles. The van der Waals surface area contributed by atoms with E-state index in [2.05, 4.69) is 35.8 Å². The van der Waals surface area contributed by atoms with Gasteiger partial charge in [-0.05, 0) is 30.5 Å². The quantitative estimate of drug-likeness (QED) is 0.544. The van der Waals surface area contributed by atoms with Crippen LogP contribution < -0.4 is 4.74 Å². The number of rotatable bonds is 10. The summed E-state index contributed by atoms with van der Waals surface area (Å²) in [5.74, 6) is 0.889. The van der Waals surface area contributed by atoms with Gasteiger partial charge in [0.25, 0.3) is 0 Å². The van der Waals surface area contributed by atoms with E-state index in [0.717, 1.165) is 17.7 Å². The molecule has 0 unspecified atom stereocenters. The molecule has 0 saturated heterocycles. The van der Waals surface area contributed by atoms with Crippen LogP contribution in [0.4, 0.5) is 0 Å². The average molecular weight is 343 g/mol. The summed E-state index contributed by atoms with van der Waals surface area (Å²) in [6, 6.07) is 8.08. The molecule has 3 heteroatoms. The van der Waals surface area contributed by atoms with Gasteiger partial charge in [-0.1, -0.05) is 54.8 Å². The molecule has 0 heterocycles. The first-order valence-electron chi connectivity index (χ1n) is 7.46. The molecule has 2 nitrogen and oxygen atoms in total. The van der Waals surface area contributed by atoms with Crippen LogP contribution in [0.1, 0.15) is 45.1 Å². The summed E-state index contributed by atoms with van der Waals surface area (Å²) < 4.78 is 11.2. The van der Waals surface area contributed by atoms with Crippen LogP contribution in [0.3, 0.4) is 0 Å². The molecule has 0 atom stereocenters. The molecule has 1 rings (SSSR count). The molecule has 0 aliphatic rings. The van der Waals surface area contributed by atoms with E-state index in [-0.39, 0.29) is 5.41 Å². The SMILES string of the molecule is CCCC(CBr)(CCC)COCc1cccc(OC)c1. The molecule has 114 valence electrons. The Labute approximate surface area is 132 Å². The highest BCUT2D eigenvalue weighted by Gasteiger charge is 2.27. The van der Waals surface area contributed by atoms with Gasteiger partial charge in [-0.2, -0.15) is 0 Å². The third kappa shape index (κ3) is 5.45. The lowest BCUT2D eigenvalue weighted by Crippen LogP contribution is -2.28. The number of hydrogen-bond donors (Lipinski definition) is 0. The van der Waals surface area contributed by atoms with Crippen molar-refractivity contribution in [1.29, 1.82) is 0 Å². The van der Waals surface area contributed by atoms with Crippen molar-refractivity contribution in [2.45, 2.75) is 46.1 Å². The van der Waals surface area contributed by atoms with Crippen molar-refractivity contribution in [3.05, 3.63) is 29.8 Å². The van der Waals surface area contributed by atoms with Gasteiger partial charge in [0.05, 0.1) is 20.3 Å². The number of alkyl halides is 1. The molecule has 0 N–H and O–H groups in total. The van der Waals surface area contributed by atoms with Crippen molar-refractivity contribution < 1.29 is 9.47 Å². The summed E-state index contributed by atoms with van der Waals surface area (Å²) in [4.78, 5) is 0. The molecule has 0 spiro atoms. The van der Waals surface area contributed by atoms with Crippen LogP contribution in [-0.4, -0.2) is 19.0 Å². The molecule has 0 saturated carbocycles. The zero-order valence-electron chi connectivity index (χ0n) is 13.0. The van der Waals surface area contributed by atoms with Crippen LogP contribution in [0, 0.1) is 5.41 Å². The first kappa shape index (κ1) is 17.5. The van der Waals surface area contributed by atoms with E-state index in [1.54, 1.807) is 7.11 Å². The zero-order chi connectivity index (χ0) is 14.8. The summed E-state index contributed by atoms with van der Waals surface area (Å²) in [5.41, 5.74) is 1.45. The Morgan fingerprint density at radius 1 is 1.15 bits per heavy atom. The minimum atomic E-state index is 0.280. The predicted molar refractivity (Wildman–Crippen MR) is 88.7 cm³/mol. The molecule has 20 heavy (non-hydrogen) atoms. The van der Waals surface area contributed by atoms with Crippen LogP contribution in [0.15, 0.2) is 24.3 Å². The van der Waals surface area contributed by atoms with E-state index in [9.17, 15) is 0 Å². The van der Waals surface area contributed by atoms with E-state index in [1.807, 2.05) is 18.2 Å². The monoisotopic (exact) mass is 342 g/mol. The summed E-state index contributed by atoms with van der Waals surface area (Å²) in [6.45, 7) is 5.96. The lowest BCUT2D eigenvalue weighted by Gasteiger charge is -2.31. The largest absolute Gasteiger partial charge is 0.497 e. The molecular weight excluding hydrogens is 316 g/mol. The van der Waals surface area contributed by atoms with Gasteiger partial charge in [0.15, 0.2) is 0 Å². The number of ether oxygens (including phenoxy) is 2. The highest BCUT2D eigenvalue weighted by Crippen LogP contribution is 2.32. The Hall–Kier alpha value is -0.540. The van der Waals surface area contributed by atoms with Crippen molar-refractivity contribution in [1.82, 2.24) is 0 Å². The van der Waals surface area contributed by atoms with Gasteiger partial charge in [-0.15, -0.1) is 0 Å². The third-order valence-electron chi connectivity index (χ3n) is 3.66. The maximum atomic E-state index is 6.00. The van der Waals surface area contributed by atoms with Gasteiger partial charge in [0, 0.05) is 10.7 Å². The van der Waals surface area contributed by atoms with Crippen molar-refractivity contribution in [3.63, 3.8) is 0 Å². The number of hydrogen-bond acceptors (Lipinski definition) is 2. The summed E-state index contributed by atoms with van der Waals surface area (Å²) >= 11 is 3.68. The topological polar surface area (TPSA) is 18.5 Å². The zero-order valence-corrected chi connectivity index (χ0v) is 14.5. The fraction of sp³-hybridized carbons (Fsp3) is 0.647. The van der Waals surface area contributed by atoms with Crippen molar-refractivity contribution in [2.75, 3.05) is 19.0 Å². The van der Waals surface area contributed by atoms with E-state index in [4.69, 9.17) is 9.47 Å². The highest BCUT2D eigenvalue weighted by atomic mass is 79.9. The second-order valence-corrected chi connectivity index (χ2v) is 6.04. The van der Waals surface area contributed by atoms with E-state index >= 15 is 0 Å². The smallest absolute Gasteiger partial charge is 0.119 e. The van der Waals surface area contributed by atoms with Gasteiger partial charge in [-0.25, -0.2) is 0 Å². The van der Waals surface area contributed by atoms with Gasteiger partial charge in [0.1, 0.15) is 5.75 Å². The average Bonchev–Trinajstić information content (AvgIpc) is 2.48. The molecule has 0 fully saturated rings. The first-order valence-corrected chi connectivity index (χ1v) is 8.58. The number of benzene rings is 1. The molecule has 1 aromatic rings. The Kier molecular flexibility index (Phi) is 8.24. The molecular formula is C17H27BrO2. The van der Waals surface area contributed by atoms with E-state index in [0.29, 0.717) is 6.61 Å². The number of halogens is 1. The molecule has 0 aliphatic heterocycles. The lowest BCUT2D eigenvalue weighted by molar-refractivity contribution is 0.0354. The Morgan fingerprint density at radius 2 is 1.85 bits per heavy atom. The van der Waals surface area contributed by atoms with Crippen molar-refractivity contribution in [3.8, 4) is 5.75 Å². The van der Waals surface area contributed by atoms with Crippen LogP contribution >= 0.6 is 15.9 Å². The molecule has 0 radical (unpaired) electrons. The minimum absolute atomic E-state index is 0.280. The Balaban J connectivity index is 2.54. The van der Waals surface area contributed by atoms with Crippen LogP contribution in [0.5, 0.6) is 5.75 Å². The Bertz CT molecular complexity index is 373. The second-order valence-electron chi connectivity index (χ2n) is 5.48. The van der Waals surface area contributed by atoms with Crippen molar-refractivity contribution in [2.24, 2.45) is 5.41 Å². The molecule has 1 aromatic carbocycles. The molecule has 0 aromatic heterocycles. The number of methoxy groups -OCH3 is 1. The fourth-order valence-corrected chi connectivity index (χ4v) is 3.37. The second kappa shape index (κ2) is 9.41. The van der Waals surface area contributed by atoms with Crippen LogP contribution in [0.25, 0.3) is 0 Å². The van der Waals surface area contributed by atoms with Crippen LogP contribution in [0.2, 0.25) is 0 Å². The first-order chi connectivity index (χ1) is 9.69. The van der Waals surface area contributed by atoms with E-state index in [1.165, 1.54) is 31.2 Å². The minimum Gasteiger partial charge on any atom is -0.497 e. The van der Waals surface area contributed by atoms with E-state index < -0.39 is 0 Å². The predicted octanol–water partition coefficient (Wildman–Crippen LogP) is 5.19. The van der Waals surface area contributed by atoms with Gasteiger partial charge < -0.3 is 9.47 Å². The van der Waals surface area contributed by atoms with Crippen molar-refractivity contribution >= 4 is 15.9 Å². The van der Waals surface area contributed by atoms with Gasteiger partial charge in [0.2, 0.25) is 0 Å². The van der Waals surface area contributed by atoms with Crippen LogP contribution in [-0.2, 0) is 11.3 Å². The lowest BCUT2D eigenvalue weighted by atomic mass is 9.82. The molecule has 0 bridgehead atoms. The summed E-state index contributed by atoms with van der Waals surface area (Å²) in [5, 5.41) is 1.01. The summed E-state index contributed by atoms with van der Waals surface area (Å²) in [7, 11) is 1.69. The maximum absolute atomic E-state index is 6.00. The normalized spacial score (nSPS) is 11.6. The third-order valence-corrected chi connectivity index (χ3v) is 4.84. The molecule has 0 amide bonds. The standard InChI is InChI=1S/C17H27BrO2/c1-4-9-17(13-18,10-5-2)14-20-12-15-7-6-8-16(11-15)19-3/h6-8,11H,4-5,9-10,12-14H2,1-3H3. The Morgan fingerprint density at radius 3 is 2.40 bits per heavy atom.